The number of ether oxygens (including phenoxy) is 3. The zero-order valence-corrected chi connectivity index (χ0v) is 19.6. The highest BCUT2D eigenvalue weighted by Gasteiger charge is 2.45. The van der Waals surface area contributed by atoms with Crippen molar-refractivity contribution in [2.24, 2.45) is 0 Å². The lowest BCUT2D eigenvalue weighted by molar-refractivity contribution is -0.266. The molecule has 7 nitrogen and oxygen atoms in total. The monoisotopic (exact) mass is 484 g/mol. The number of hydrogen-bond acceptors (Lipinski definition) is 7. The number of hydrogen-bond donors (Lipinski definition) is 1. The molecular formula is C26H28O7S. The first-order chi connectivity index (χ1) is 16.4. The summed E-state index contributed by atoms with van der Waals surface area (Å²) in [4.78, 5) is -0.0144. The third-order valence-corrected chi connectivity index (χ3v) is 6.87. The van der Waals surface area contributed by atoms with Crippen LogP contribution in [0.1, 0.15) is 16.7 Å². The van der Waals surface area contributed by atoms with Crippen molar-refractivity contribution in [3.8, 4) is 0 Å². The SMILES string of the molecule is Cc1ccc(S(=O)(=O)O[C@@H]2[C@@H](OCc3ccccc3)[C@@H](OCc3ccccc3)CO[C@@H]2O)cc1. The van der Waals surface area contributed by atoms with E-state index in [0.29, 0.717) is 0 Å². The predicted molar refractivity (Wildman–Crippen MR) is 125 cm³/mol. The second kappa shape index (κ2) is 11.2. The summed E-state index contributed by atoms with van der Waals surface area (Å²) in [7, 11) is -4.19. The molecule has 1 aliphatic heterocycles. The number of aliphatic hydroxyl groups excluding tert-OH is 1. The molecule has 0 amide bonds. The van der Waals surface area contributed by atoms with E-state index in [2.05, 4.69) is 0 Å². The summed E-state index contributed by atoms with van der Waals surface area (Å²) in [5, 5.41) is 10.5. The van der Waals surface area contributed by atoms with Gasteiger partial charge < -0.3 is 19.3 Å². The average molecular weight is 485 g/mol. The molecule has 0 aliphatic carbocycles. The van der Waals surface area contributed by atoms with Gasteiger partial charge in [-0.05, 0) is 30.2 Å². The maximum Gasteiger partial charge on any atom is 0.297 e. The van der Waals surface area contributed by atoms with E-state index in [1.165, 1.54) is 12.1 Å². The Morgan fingerprint density at radius 1 is 0.824 bits per heavy atom. The Labute approximate surface area is 200 Å². The molecule has 0 saturated carbocycles. The Morgan fingerprint density at radius 3 is 1.97 bits per heavy atom. The molecule has 180 valence electrons. The Morgan fingerprint density at radius 2 is 1.38 bits per heavy atom. The van der Waals surface area contributed by atoms with Gasteiger partial charge >= 0.3 is 0 Å². The molecule has 0 radical (unpaired) electrons. The third-order valence-electron chi connectivity index (χ3n) is 5.54. The van der Waals surface area contributed by atoms with Crippen molar-refractivity contribution in [1.29, 1.82) is 0 Å². The third kappa shape index (κ3) is 6.29. The van der Waals surface area contributed by atoms with Crippen LogP contribution >= 0.6 is 0 Å². The fourth-order valence-corrected chi connectivity index (χ4v) is 4.73. The number of aryl methyl sites for hydroxylation is 1. The first-order valence-corrected chi connectivity index (χ1v) is 12.4. The van der Waals surface area contributed by atoms with E-state index < -0.39 is 34.7 Å². The molecular weight excluding hydrogens is 456 g/mol. The highest BCUT2D eigenvalue weighted by Crippen LogP contribution is 2.28. The van der Waals surface area contributed by atoms with Gasteiger partial charge in [0.2, 0.25) is 0 Å². The molecule has 4 atom stereocenters. The van der Waals surface area contributed by atoms with Crippen LogP contribution < -0.4 is 0 Å². The highest BCUT2D eigenvalue weighted by atomic mass is 32.2. The Bertz CT molecular complexity index is 1130. The number of benzene rings is 3. The smallest absolute Gasteiger partial charge is 0.297 e. The van der Waals surface area contributed by atoms with Gasteiger partial charge in [-0.25, -0.2) is 0 Å². The average Bonchev–Trinajstić information content (AvgIpc) is 2.85. The minimum absolute atomic E-state index is 0.0144. The maximum atomic E-state index is 13.0. The van der Waals surface area contributed by atoms with Gasteiger partial charge in [0, 0.05) is 0 Å². The standard InChI is InChI=1S/C26H28O7S/c1-19-12-14-22(15-13-19)34(28,29)33-25-24(31-17-21-10-6-3-7-11-21)23(18-32-26(25)27)30-16-20-8-4-2-5-9-20/h2-15,23-27H,16-18H2,1H3/t23-,24-,25+,26-/m0/s1. The molecule has 3 aromatic carbocycles. The van der Waals surface area contributed by atoms with Crippen LogP contribution in [0.4, 0.5) is 0 Å². The van der Waals surface area contributed by atoms with Crippen LogP contribution in [0, 0.1) is 6.92 Å². The van der Waals surface area contributed by atoms with Crippen LogP contribution in [0.2, 0.25) is 0 Å². The van der Waals surface area contributed by atoms with E-state index >= 15 is 0 Å². The van der Waals surface area contributed by atoms with Crippen molar-refractivity contribution < 1.29 is 31.9 Å². The van der Waals surface area contributed by atoms with Crippen molar-refractivity contribution in [2.45, 2.75) is 49.6 Å². The van der Waals surface area contributed by atoms with Crippen molar-refractivity contribution in [2.75, 3.05) is 6.61 Å². The molecule has 1 heterocycles. The van der Waals surface area contributed by atoms with Gasteiger partial charge in [0.15, 0.2) is 12.4 Å². The topological polar surface area (TPSA) is 91.3 Å². The van der Waals surface area contributed by atoms with E-state index in [0.717, 1.165) is 16.7 Å². The summed E-state index contributed by atoms with van der Waals surface area (Å²) in [6, 6.07) is 25.3. The van der Waals surface area contributed by atoms with E-state index in [9.17, 15) is 13.5 Å². The van der Waals surface area contributed by atoms with Crippen LogP contribution in [0.3, 0.4) is 0 Å². The number of rotatable bonds is 9. The molecule has 1 saturated heterocycles. The molecule has 3 aromatic rings. The fourth-order valence-electron chi connectivity index (χ4n) is 3.66. The van der Waals surface area contributed by atoms with Crippen LogP contribution in [-0.2, 0) is 41.7 Å². The molecule has 8 heteroatoms. The van der Waals surface area contributed by atoms with Gasteiger partial charge in [0.1, 0.15) is 12.2 Å². The molecule has 0 bridgehead atoms. The van der Waals surface area contributed by atoms with Crippen molar-refractivity contribution in [1.82, 2.24) is 0 Å². The normalized spacial score (nSPS) is 23.0. The van der Waals surface area contributed by atoms with Gasteiger partial charge in [-0.2, -0.15) is 8.42 Å². The molecule has 0 unspecified atom stereocenters. The van der Waals surface area contributed by atoms with Crippen LogP contribution in [0.15, 0.2) is 89.8 Å². The Kier molecular flexibility index (Phi) is 8.10. The zero-order valence-electron chi connectivity index (χ0n) is 18.8. The minimum Gasteiger partial charge on any atom is -0.368 e. The van der Waals surface area contributed by atoms with Gasteiger partial charge in [-0.1, -0.05) is 78.4 Å². The summed E-state index contributed by atoms with van der Waals surface area (Å²) in [6.07, 6.45) is -4.37. The first-order valence-electron chi connectivity index (χ1n) is 11.0. The molecule has 1 fully saturated rings. The van der Waals surface area contributed by atoms with Crippen molar-refractivity contribution in [3.05, 3.63) is 102 Å². The summed E-state index contributed by atoms with van der Waals surface area (Å²) < 4.78 is 49.0. The lowest BCUT2D eigenvalue weighted by Crippen LogP contribution is -2.56. The summed E-state index contributed by atoms with van der Waals surface area (Å²) >= 11 is 0. The minimum atomic E-state index is -4.19. The maximum absolute atomic E-state index is 13.0. The quantitative estimate of drug-likeness (QED) is 0.464. The second-order valence-corrected chi connectivity index (χ2v) is 9.72. The first kappa shape index (κ1) is 24.5. The highest BCUT2D eigenvalue weighted by molar-refractivity contribution is 7.86. The number of aliphatic hydroxyl groups is 1. The van der Waals surface area contributed by atoms with E-state index in [4.69, 9.17) is 18.4 Å². The molecule has 0 aromatic heterocycles. The largest absolute Gasteiger partial charge is 0.368 e. The molecule has 0 spiro atoms. The van der Waals surface area contributed by atoms with Gasteiger partial charge in [0.05, 0.1) is 24.7 Å². The molecule has 1 aliphatic rings. The van der Waals surface area contributed by atoms with E-state index in [1.807, 2.05) is 67.6 Å². The predicted octanol–water partition coefficient (Wildman–Crippen LogP) is 3.59. The van der Waals surface area contributed by atoms with E-state index in [-0.39, 0.29) is 24.7 Å². The second-order valence-electron chi connectivity index (χ2n) is 8.15. The van der Waals surface area contributed by atoms with Gasteiger partial charge in [0.25, 0.3) is 10.1 Å². The Hall–Kier alpha value is -2.59. The summed E-state index contributed by atoms with van der Waals surface area (Å²) in [5.74, 6) is 0. The molecule has 4 rings (SSSR count). The molecule has 34 heavy (non-hydrogen) atoms. The van der Waals surface area contributed by atoms with E-state index in [1.54, 1.807) is 12.1 Å². The van der Waals surface area contributed by atoms with Crippen LogP contribution in [0.25, 0.3) is 0 Å². The summed E-state index contributed by atoms with van der Waals surface area (Å²) in [5.41, 5.74) is 2.75. The lowest BCUT2D eigenvalue weighted by Gasteiger charge is -2.39. The lowest BCUT2D eigenvalue weighted by atomic mass is 10.0. The van der Waals surface area contributed by atoms with Crippen LogP contribution in [-0.4, -0.2) is 44.7 Å². The Balaban J connectivity index is 1.55. The van der Waals surface area contributed by atoms with Crippen molar-refractivity contribution >= 4 is 10.1 Å². The fraction of sp³-hybridized carbons (Fsp3) is 0.308. The van der Waals surface area contributed by atoms with Crippen LogP contribution in [0.5, 0.6) is 0 Å². The molecule has 1 N–H and O–H groups in total. The van der Waals surface area contributed by atoms with Gasteiger partial charge in [-0.15, -0.1) is 0 Å². The zero-order chi connectivity index (χ0) is 24.0. The summed E-state index contributed by atoms with van der Waals surface area (Å²) in [6.45, 7) is 2.34. The van der Waals surface area contributed by atoms with Crippen molar-refractivity contribution in [3.63, 3.8) is 0 Å². The van der Waals surface area contributed by atoms with Gasteiger partial charge in [-0.3, -0.25) is 4.18 Å².